The number of unbranched alkanes of at least 4 members (excludes halogenated alkanes) is 3. The molecule has 0 aromatic rings. The minimum atomic E-state index is -3.80. The number of fused-ring (bicyclic) bond motifs is 3. The standard InChI is InChI=1S/C55H86ClN7O15S/c1-32(2)39(31-79(73,74)27-16-14-13-15-26-63-45(65)28-34(4)49(63)67)48(66)59-40(23-19-25-58-52(57)70)50(68)62(11)38(8)51(69)77-43-29-44(64)61(10)37(7)46(56)41(75-12)24-18-21-33(3)20-17-22-35(5)55(72)30-42(76-53(71)60-55)36(6)47-54(43,9)78-47/h17,20,22,24,32,34-36,38-40,42-43,47,72H,13-16,18-19,21,23,25-31H2,1-12H3,(H,59,66)(H,60,71)(H3,57,58,70)/b22-17+,33-20+,41-24?,46-37?/t34?,35?,36?,38-,39-,40-,42?,43?,47?,54?,55?/m0/s1. The lowest BCUT2D eigenvalue weighted by Gasteiger charge is -2.41. The summed E-state index contributed by atoms with van der Waals surface area (Å²) in [6.07, 6.45) is 6.33. The maximum absolute atomic E-state index is 14.5. The largest absolute Gasteiger partial charge is 0.495 e. The molecule has 0 aliphatic carbocycles. The summed E-state index contributed by atoms with van der Waals surface area (Å²) in [6.45, 7) is 15.5. The molecule has 4 aliphatic heterocycles. The minimum absolute atomic E-state index is 0.0242. The summed E-state index contributed by atoms with van der Waals surface area (Å²) in [5, 5.41) is 19.7. The zero-order valence-corrected chi connectivity index (χ0v) is 49.6. The number of hydrogen-bond acceptors (Lipinski definition) is 15. The Kier molecular flexibility index (Phi) is 24.0. The monoisotopic (exact) mass is 1150 g/mol. The molecule has 0 saturated carbocycles. The molecule has 8 amide bonds. The van der Waals surface area contributed by atoms with Crippen LogP contribution in [0.4, 0.5) is 9.59 Å². The van der Waals surface area contributed by atoms with Crippen LogP contribution in [0.25, 0.3) is 0 Å². The molecular weight excluding hydrogens is 1070 g/mol. The van der Waals surface area contributed by atoms with Gasteiger partial charge in [-0.05, 0) is 78.2 Å². The van der Waals surface area contributed by atoms with Gasteiger partial charge in [0, 0.05) is 63.5 Å². The van der Waals surface area contributed by atoms with Crippen molar-refractivity contribution in [3.05, 3.63) is 46.4 Å². The fraction of sp³-hybridized carbons (Fsp3) is 0.709. The van der Waals surface area contributed by atoms with Crippen LogP contribution in [0.5, 0.6) is 0 Å². The van der Waals surface area contributed by atoms with Crippen molar-refractivity contribution in [2.75, 3.05) is 45.8 Å². The number of likely N-dealkylation sites (tertiary alicyclic amines) is 1. The number of nitrogens with one attached hydrogen (secondary N) is 3. The molecule has 0 aromatic heterocycles. The molecule has 4 aliphatic rings. The number of rotatable bonds is 21. The molecule has 79 heavy (non-hydrogen) atoms. The summed E-state index contributed by atoms with van der Waals surface area (Å²) < 4.78 is 50.8. The molecule has 6 N–H and O–H groups in total. The number of ether oxygens (including phenoxy) is 4. The molecule has 444 valence electrons. The average molecular weight is 1150 g/mol. The van der Waals surface area contributed by atoms with Gasteiger partial charge in [-0.2, -0.15) is 0 Å². The Labute approximate surface area is 470 Å². The second kappa shape index (κ2) is 28.8. The molecular formula is C55H86ClN7O15S. The van der Waals surface area contributed by atoms with Crippen molar-refractivity contribution >= 4 is 69.1 Å². The number of primary amides is 1. The number of carbonyl (C=O) groups is 8. The fourth-order valence-corrected chi connectivity index (χ4v) is 12.2. The summed E-state index contributed by atoms with van der Waals surface area (Å²) in [7, 11) is 0.493. The smallest absolute Gasteiger partial charge is 0.409 e. The lowest BCUT2D eigenvalue weighted by atomic mass is 9.82. The highest BCUT2D eigenvalue weighted by Gasteiger charge is 2.64. The zero-order chi connectivity index (χ0) is 59.3. The van der Waals surface area contributed by atoms with Crippen LogP contribution < -0.4 is 21.7 Å². The van der Waals surface area contributed by atoms with E-state index >= 15 is 0 Å². The molecule has 2 bridgehead atoms. The van der Waals surface area contributed by atoms with Crippen molar-refractivity contribution in [3.63, 3.8) is 0 Å². The minimum Gasteiger partial charge on any atom is -0.495 e. The summed E-state index contributed by atoms with van der Waals surface area (Å²) >= 11 is 6.85. The van der Waals surface area contributed by atoms with Crippen molar-refractivity contribution in [1.29, 1.82) is 0 Å². The summed E-state index contributed by atoms with van der Waals surface area (Å²) in [5.41, 5.74) is 3.53. The highest BCUT2D eigenvalue weighted by atomic mass is 35.5. The number of epoxide rings is 1. The Morgan fingerprint density at radius 3 is 2.32 bits per heavy atom. The van der Waals surface area contributed by atoms with E-state index in [4.69, 9.17) is 36.3 Å². The Morgan fingerprint density at radius 1 is 1.03 bits per heavy atom. The number of nitrogens with two attached hydrogens (primary N) is 1. The Morgan fingerprint density at radius 2 is 1.70 bits per heavy atom. The van der Waals surface area contributed by atoms with Gasteiger partial charge in [-0.3, -0.25) is 34.2 Å². The van der Waals surface area contributed by atoms with Crippen LogP contribution in [0.15, 0.2) is 46.4 Å². The first-order valence-electron chi connectivity index (χ1n) is 27.3. The van der Waals surface area contributed by atoms with Crippen LogP contribution in [0.1, 0.15) is 133 Å². The average Bonchev–Trinajstić information content (AvgIpc) is 4.01. The maximum Gasteiger partial charge on any atom is 0.409 e. The van der Waals surface area contributed by atoms with Crippen LogP contribution in [0.2, 0.25) is 0 Å². The number of likely N-dealkylation sites (N-methyl/N-ethyl adjacent to an activating group) is 1. The molecule has 11 atom stereocenters. The highest BCUT2D eigenvalue weighted by molar-refractivity contribution is 7.91. The number of alkyl carbamates (subject to hydrolysis) is 1. The first kappa shape index (κ1) is 66.0. The van der Waals surface area contributed by atoms with E-state index in [1.165, 1.54) is 37.9 Å². The molecule has 22 nitrogen and oxygen atoms in total. The van der Waals surface area contributed by atoms with Gasteiger partial charge in [0.1, 0.15) is 46.4 Å². The first-order chi connectivity index (χ1) is 36.9. The number of sulfone groups is 1. The number of aliphatic hydroxyl groups is 1. The highest BCUT2D eigenvalue weighted by Crippen LogP contribution is 2.49. The normalized spacial score (nSPS) is 28.6. The van der Waals surface area contributed by atoms with Gasteiger partial charge in [0.25, 0.3) is 0 Å². The van der Waals surface area contributed by atoms with Crippen LogP contribution in [-0.4, -0.2) is 163 Å². The van der Waals surface area contributed by atoms with Gasteiger partial charge in [0.15, 0.2) is 9.84 Å². The van der Waals surface area contributed by atoms with E-state index in [1.807, 2.05) is 19.1 Å². The van der Waals surface area contributed by atoms with Crippen molar-refractivity contribution in [1.82, 2.24) is 30.7 Å². The number of imide groups is 1. The lowest BCUT2D eigenvalue weighted by Crippen LogP contribution is -2.60. The van der Waals surface area contributed by atoms with Crippen molar-refractivity contribution < 1.29 is 70.8 Å². The third-order valence-electron chi connectivity index (χ3n) is 15.8. The number of carbonyl (C=O) groups excluding carboxylic acids is 8. The number of hydrogen-bond donors (Lipinski definition) is 5. The first-order valence-corrected chi connectivity index (χ1v) is 29.5. The van der Waals surface area contributed by atoms with Gasteiger partial charge in [-0.25, -0.2) is 22.8 Å². The van der Waals surface area contributed by atoms with Gasteiger partial charge in [-0.1, -0.05) is 82.9 Å². The Bertz CT molecular complexity index is 2500. The fourth-order valence-electron chi connectivity index (χ4n) is 9.99. The number of halogens is 1. The number of urea groups is 1. The molecule has 4 rings (SSSR count). The van der Waals surface area contributed by atoms with Crippen LogP contribution in [0, 0.1) is 29.6 Å². The number of nitrogens with zero attached hydrogens (tertiary/aromatic N) is 3. The van der Waals surface area contributed by atoms with Crippen LogP contribution >= 0.6 is 11.6 Å². The van der Waals surface area contributed by atoms with E-state index < -0.39 is 123 Å². The van der Waals surface area contributed by atoms with E-state index in [0.717, 1.165) is 10.5 Å². The SMILES string of the molecule is COC1=CCC/C(C)=C/C=C/C(C)C2(O)CC(OC(=O)N2)C(C)C2OC2(C)C(OC(=O)[C@H](C)N(C)C(=O)[C@H](CCCNC(N)=O)NC(=O)[C@@H](CS(=O)(=O)CCCCCCN2C(=O)CC(C)C2=O)C(C)C)CC(=O)N(C)C(C)=C1Cl. The van der Waals surface area contributed by atoms with Crippen LogP contribution in [0.3, 0.4) is 0 Å². The van der Waals surface area contributed by atoms with Gasteiger partial charge in [0.05, 0.1) is 37.1 Å². The van der Waals surface area contributed by atoms with Gasteiger partial charge in [0.2, 0.25) is 29.5 Å². The predicted octanol–water partition coefficient (Wildman–Crippen LogP) is 5.08. The van der Waals surface area contributed by atoms with Crippen LogP contribution in [-0.2, 0) is 57.6 Å². The second-order valence-corrected chi connectivity index (χ2v) is 24.9. The number of esters is 1. The molecule has 3 fully saturated rings. The Hall–Kier alpha value is -5.52. The number of allylic oxidation sites excluding steroid dienone is 6. The summed E-state index contributed by atoms with van der Waals surface area (Å²) in [6, 6.07) is -3.49. The van der Waals surface area contributed by atoms with Crippen molar-refractivity contribution in [2.24, 2.45) is 35.3 Å². The maximum atomic E-state index is 14.5. The number of methoxy groups -OCH3 is 1. The van der Waals surface area contributed by atoms with E-state index in [2.05, 4.69) is 16.0 Å². The topological polar surface area (TPSA) is 303 Å². The lowest BCUT2D eigenvalue weighted by molar-refractivity contribution is -0.163. The van der Waals surface area contributed by atoms with E-state index in [1.54, 1.807) is 60.6 Å². The summed E-state index contributed by atoms with van der Waals surface area (Å²) in [5.74, 6) is -6.85. The number of amides is 8. The Balaban J connectivity index is 1.56. The molecule has 0 radical (unpaired) electrons. The third-order valence-corrected chi connectivity index (χ3v) is 18.1. The molecule has 3 saturated heterocycles. The van der Waals surface area contributed by atoms with E-state index in [-0.39, 0.29) is 67.3 Å². The molecule has 4 heterocycles. The predicted molar refractivity (Wildman–Crippen MR) is 295 cm³/mol. The second-order valence-electron chi connectivity index (χ2n) is 22.2. The van der Waals surface area contributed by atoms with Crippen molar-refractivity contribution in [2.45, 2.75) is 175 Å². The van der Waals surface area contributed by atoms with Crippen molar-refractivity contribution in [3.8, 4) is 0 Å². The zero-order valence-electron chi connectivity index (χ0n) is 48.1. The molecule has 0 aromatic carbocycles. The molecule has 24 heteroatoms. The van der Waals surface area contributed by atoms with E-state index in [9.17, 15) is 51.9 Å². The van der Waals surface area contributed by atoms with Gasteiger partial charge >= 0.3 is 18.1 Å². The molecule has 0 spiro atoms. The van der Waals surface area contributed by atoms with E-state index in [0.29, 0.717) is 50.0 Å². The molecule has 8 unspecified atom stereocenters. The quantitative estimate of drug-likeness (QED) is 0.0433. The third kappa shape index (κ3) is 18.0. The van der Waals surface area contributed by atoms with Gasteiger partial charge < -0.3 is 50.2 Å². The summed E-state index contributed by atoms with van der Waals surface area (Å²) in [4.78, 5) is 110. The van der Waals surface area contributed by atoms with Gasteiger partial charge in [-0.15, -0.1) is 0 Å².